The van der Waals surface area contributed by atoms with Gasteiger partial charge in [-0.25, -0.2) is 28.1 Å². The Morgan fingerprint density at radius 1 is 1.08 bits per heavy atom. The molecule has 0 unspecified atom stereocenters. The van der Waals surface area contributed by atoms with Crippen molar-refractivity contribution in [3.05, 3.63) is 75.5 Å². The molecule has 0 spiro atoms. The van der Waals surface area contributed by atoms with Gasteiger partial charge in [-0.3, -0.25) is 4.79 Å². The molecule has 1 N–H and O–H groups in total. The molecular weight excluding hydrogens is 345 g/mol. The highest BCUT2D eigenvalue weighted by Gasteiger charge is 2.18. The first-order valence-corrected chi connectivity index (χ1v) is 7.83. The number of halogens is 3. The lowest BCUT2D eigenvalue weighted by atomic mass is 9.95. The molecule has 0 amide bonds. The van der Waals surface area contributed by atoms with Gasteiger partial charge in [0.1, 0.15) is 18.0 Å². The molecule has 0 aliphatic heterocycles. The Hall–Kier alpha value is -3.03. The minimum absolute atomic E-state index is 0.301. The molecule has 134 valence electrons. The zero-order valence-corrected chi connectivity index (χ0v) is 14.0. The van der Waals surface area contributed by atoms with Crippen molar-refractivity contribution in [3.63, 3.8) is 0 Å². The van der Waals surface area contributed by atoms with Crippen LogP contribution in [0.3, 0.4) is 0 Å². The molecule has 0 aliphatic carbocycles. The van der Waals surface area contributed by atoms with Gasteiger partial charge in [0.25, 0.3) is 12.0 Å². The Bertz CT molecular complexity index is 1000. The van der Waals surface area contributed by atoms with Gasteiger partial charge >= 0.3 is 0 Å². The normalized spacial score (nSPS) is 12.4. The zero-order valence-electron chi connectivity index (χ0n) is 14.0. The van der Waals surface area contributed by atoms with Gasteiger partial charge in [-0.15, -0.1) is 0 Å². The minimum atomic E-state index is -2.87. The van der Waals surface area contributed by atoms with Crippen molar-refractivity contribution in [2.24, 2.45) is 0 Å². The molecular formula is C18H15F3N4O. The van der Waals surface area contributed by atoms with Crippen LogP contribution in [-0.4, -0.2) is 19.9 Å². The average Bonchev–Trinajstić information content (AvgIpc) is 2.60. The lowest BCUT2D eigenvalue weighted by Crippen LogP contribution is -2.09. The van der Waals surface area contributed by atoms with E-state index in [-0.39, 0.29) is 11.5 Å². The van der Waals surface area contributed by atoms with Gasteiger partial charge in [0, 0.05) is 12.0 Å². The number of H-pyrrole nitrogens is 1. The average molecular weight is 360 g/mol. The number of hydrogen-bond donors (Lipinski definition) is 1. The SMILES string of the molecule is Cc1nc(-c2cc([C@@H](C)c3ccc(C(F)F)c(F)c3)ncn2)cc(=O)[nH]1. The van der Waals surface area contributed by atoms with E-state index < -0.39 is 17.8 Å². The maximum Gasteiger partial charge on any atom is 0.266 e. The van der Waals surface area contributed by atoms with Crippen LogP contribution in [0.25, 0.3) is 11.4 Å². The van der Waals surface area contributed by atoms with E-state index >= 15 is 0 Å². The second-order valence-corrected chi connectivity index (χ2v) is 5.85. The van der Waals surface area contributed by atoms with E-state index in [0.717, 1.165) is 12.1 Å². The van der Waals surface area contributed by atoms with E-state index in [1.807, 2.05) is 0 Å². The van der Waals surface area contributed by atoms with Crippen molar-refractivity contribution in [1.82, 2.24) is 19.9 Å². The number of alkyl halides is 2. The largest absolute Gasteiger partial charge is 0.311 e. The topological polar surface area (TPSA) is 71.5 Å². The first-order valence-electron chi connectivity index (χ1n) is 7.83. The van der Waals surface area contributed by atoms with Crippen LogP contribution < -0.4 is 5.56 Å². The quantitative estimate of drug-likeness (QED) is 0.769. The van der Waals surface area contributed by atoms with E-state index in [1.54, 1.807) is 19.9 Å². The van der Waals surface area contributed by atoms with Crippen LogP contribution in [0, 0.1) is 12.7 Å². The number of hydrogen-bond acceptors (Lipinski definition) is 4. The Kier molecular flexibility index (Phi) is 4.83. The predicted octanol–water partition coefficient (Wildman–Crippen LogP) is 3.76. The fraction of sp³-hybridized carbons (Fsp3) is 0.222. The molecule has 2 heterocycles. The highest BCUT2D eigenvalue weighted by atomic mass is 19.3. The number of aromatic nitrogens is 4. The number of rotatable bonds is 4. The summed E-state index contributed by atoms with van der Waals surface area (Å²) in [5.74, 6) is -0.864. The van der Waals surface area contributed by atoms with Crippen molar-refractivity contribution in [2.45, 2.75) is 26.2 Å². The number of aromatic amines is 1. The van der Waals surface area contributed by atoms with Gasteiger partial charge in [0.15, 0.2) is 0 Å². The summed E-state index contributed by atoms with van der Waals surface area (Å²) < 4.78 is 39.2. The van der Waals surface area contributed by atoms with E-state index in [9.17, 15) is 18.0 Å². The zero-order chi connectivity index (χ0) is 18.8. The van der Waals surface area contributed by atoms with Crippen molar-refractivity contribution >= 4 is 0 Å². The second kappa shape index (κ2) is 7.07. The monoisotopic (exact) mass is 360 g/mol. The highest BCUT2D eigenvalue weighted by molar-refractivity contribution is 5.54. The molecule has 5 nitrogen and oxygen atoms in total. The molecule has 1 atom stereocenters. The maximum absolute atomic E-state index is 13.8. The van der Waals surface area contributed by atoms with E-state index in [4.69, 9.17) is 0 Å². The number of aryl methyl sites for hydroxylation is 1. The molecule has 1 aromatic carbocycles. The van der Waals surface area contributed by atoms with E-state index in [2.05, 4.69) is 19.9 Å². The fourth-order valence-corrected chi connectivity index (χ4v) is 2.62. The molecule has 0 saturated carbocycles. The summed E-state index contributed by atoms with van der Waals surface area (Å²) in [4.78, 5) is 26.7. The third kappa shape index (κ3) is 3.63. The number of nitrogens with one attached hydrogen (secondary N) is 1. The van der Waals surface area contributed by atoms with E-state index in [0.29, 0.717) is 28.5 Å². The molecule has 0 radical (unpaired) electrons. The molecule has 3 rings (SSSR count). The lowest BCUT2D eigenvalue weighted by Gasteiger charge is -2.13. The van der Waals surface area contributed by atoms with Gasteiger partial charge in [-0.1, -0.05) is 19.1 Å². The van der Waals surface area contributed by atoms with Gasteiger partial charge in [0.05, 0.1) is 22.6 Å². The van der Waals surface area contributed by atoms with Gasteiger partial charge in [-0.05, 0) is 24.6 Å². The molecule has 2 aromatic heterocycles. The summed E-state index contributed by atoms with van der Waals surface area (Å²) in [5.41, 5.74) is 0.963. The minimum Gasteiger partial charge on any atom is -0.311 e. The molecule has 0 saturated heterocycles. The second-order valence-electron chi connectivity index (χ2n) is 5.85. The summed E-state index contributed by atoms with van der Waals surface area (Å²) in [5, 5.41) is 0. The maximum atomic E-state index is 13.8. The van der Waals surface area contributed by atoms with Crippen LogP contribution in [0.15, 0.2) is 41.5 Å². The third-order valence-corrected chi connectivity index (χ3v) is 4.01. The molecule has 26 heavy (non-hydrogen) atoms. The molecule has 0 fully saturated rings. The summed E-state index contributed by atoms with van der Waals surface area (Å²) in [7, 11) is 0. The molecule has 8 heteroatoms. The van der Waals surface area contributed by atoms with Crippen molar-refractivity contribution in [2.75, 3.05) is 0 Å². The van der Waals surface area contributed by atoms with Crippen molar-refractivity contribution < 1.29 is 13.2 Å². The van der Waals surface area contributed by atoms with Gasteiger partial charge in [-0.2, -0.15) is 0 Å². The molecule has 3 aromatic rings. The fourth-order valence-electron chi connectivity index (χ4n) is 2.62. The Labute approximate surface area is 147 Å². The van der Waals surface area contributed by atoms with Crippen LogP contribution in [0.1, 0.15) is 41.9 Å². The summed E-state index contributed by atoms with van der Waals surface area (Å²) in [6.45, 7) is 3.43. The van der Waals surface area contributed by atoms with Crippen molar-refractivity contribution in [3.8, 4) is 11.4 Å². The molecule has 0 bridgehead atoms. The van der Waals surface area contributed by atoms with Crippen LogP contribution in [0.4, 0.5) is 13.2 Å². The van der Waals surface area contributed by atoms with Gasteiger partial charge < -0.3 is 4.98 Å². The van der Waals surface area contributed by atoms with Crippen LogP contribution in [0.5, 0.6) is 0 Å². The van der Waals surface area contributed by atoms with Crippen molar-refractivity contribution in [1.29, 1.82) is 0 Å². The smallest absolute Gasteiger partial charge is 0.266 e. The Morgan fingerprint density at radius 2 is 1.85 bits per heavy atom. The lowest BCUT2D eigenvalue weighted by molar-refractivity contribution is 0.146. The number of nitrogens with zero attached hydrogens (tertiary/aromatic N) is 3. The number of benzene rings is 1. The van der Waals surface area contributed by atoms with Crippen LogP contribution >= 0.6 is 0 Å². The van der Waals surface area contributed by atoms with E-state index in [1.165, 1.54) is 18.5 Å². The van der Waals surface area contributed by atoms with Crippen LogP contribution in [0.2, 0.25) is 0 Å². The predicted molar refractivity (Wildman–Crippen MR) is 89.5 cm³/mol. The standard InChI is InChI=1S/C18H15F3N4O/c1-9(11-3-4-12(18(20)21)13(19)5-11)14-6-15(23-8-22-14)16-7-17(26)25-10(2)24-16/h3-9,18H,1-2H3,(H,24,25,26)/t9-/m0/s1. The first kappa shape index (κ1) is 17.8. The first-order chi connectivity index (χ1) is 12.3. The highest BCUT2D eigenvalue weighted by Crippen LogP contribution is 2.29. The summed E-state index contributed by atoms with van der Waals surface area (Å²) in [6.07, 6.45) is -1.54. The Morgan fingerprint density at radius 3 is 2.50 bits per heavy atom. The molecule has 0 aliphatic rings. The van der Waals surface area contributed by atoms with Gasteiger partial charge in [0.2, 0.25) is 0 Å². The summed E-state index contributed by atoms with van der Waals surface area (Å²) in [6, 6.07) is 6.58. The van der Waals surface area contributed by atoms with Crippen LogP contribution in [-0.2, 0) is 0 Å². The summed E-state index contributed by atoms with van der Waals surface area (Å²) >= 11 is 0. The Balaban J connectivity index is 1.97. The third-order valence-electron chi connectivity index (χ3n) is 4.01.